The molecule has 2 aliphatic heterocycles. The molecule has 11 atom stereocenters. The first-order chi connectivity index (χ1) is 18.0. The standard InChI is InChI=1S/C28H40O11/c1-9-34-26(8)18-16(12-27(26)21-22(38-21)39-23(27)32)25(7)17(35-13(2)29)10-11-24(5,6)28(25,33)20(37-15(4)31)19(18)36-14(3)30/h16-22,33H,9-12H2,1-8H3/t16-,17-,18-,19+,20-,21-,22-,25-,26+,27-,28+/m0/s1. The molecule has 0 radical (unpaired) electrons. The fourth-order valence-corrected chi connectivity index (χ4v) is 9.19. The maximum Gasteiger partial charge on any atom is 0.320 e. The summed E-state index contributed by atoms with van der Waals surface area (Å²) in [6, 6.07) is 0. The highest BCUT2D eigenvalue weighted by Gasteiger charge is 2.88. The summed E-state index contributed by atoms with van der Waals surface area (Å²) in [5.41, 5.74) is -6.55. The molecule has 3 aliphatic carbocycles. The second kappa shape index (κ2) is 8.63. The van der Waals surface area contributed by atoms with Crippen molar-refractivity contribution in [2.45, 2.75) is 117 Å². The molecule has 0 aromatic heterocycles. The summed E-state index contributed by atoms with van der Waals surface area (Å²) in [6.07, 6.45) is -3.55. The number of epoxide rings is 1. The maximum absolute atomic E-state index is 13.7. The Hall–Kier alpha value is -2.24. The molecule has 3 saturated carbocycles. The second-order valence-corrected chi connectivity index (χ2v) is 12.9. The smallest absolute Gasteiger partial charge is 0.320 e. The minimum atomic E-state index is -1.84. The van der Waals surface area contributed by atoms with Crippen molar-refractivity contribution >= 4 is 23.9 Å². The Morgan fingerprint density at radius 1 is 1.00 bits per heavy atom. The number of carbonyl (C=O) groups is 4. The number of fused-ring (bicyclic) bond motifs is 5. The van der Waals surface area contributed by atoms with Gasteiger partial charge in [-0.25, -0.2) is 0 Å². The van der Waals surface area contributed by atoms with Crippen LogP contribution in [0.5, 0.6) is 0 Å². The van der Waals surface area contributed by atoms with Crippen LogP contribution in [0.3, 0.4) is 0 Å². The van der Waals surface area contributed by atoms with E-state index in [9.17, 15) is 24.3 Å². The van der Waals surface area contributed by atoms with Gasteiger partial charge in [-0.2, -0.15) is 0 Å². The van der Waals surface area contributed by atoms with Crippen LogP contribution in [0.1, 0.15) is 74.7 Å². The highest BCUT2D eigenvalue weighted by molar-refractivity contribution is 5.84. The predicted molar refractivity (Wildman–Crippen MR) is 132 cm³/mol. The molecule has 0 aromatic carbocycles. The van der Waals surface area contributed by atoms with Crippen molar-refractivity contribution in [2.75, 3.05) is 6.61 Å². The van der Waals surface area contributed by atoms with Gasteiger partial charge < -0.3 is 33.5 Å². The minimum Gasteiger partial charge on any atom is -0.462 e. The molecule has 0 amide bonds. The largest absolute Gasteiger partial charge is 0.462 e. The average molecular weight is 553 g/mol. The molecule has 39 heavy (non-hydrogen) atoms. The number of rotatable bonds is 5. The molecule has 11 heteroatoms. The van der Waals surface area contributed by atoms with E-state index in [1.807, 2.05) is 20.8 Å². The zero-order valence-corrected chi connectivity index (χ0v) is 23.9. The molecule has 2 saturated heterocycles. The number of esters is 4. The van der Waals surface area contributed by atoms with Gasteiger partial charge >= 0.3 is 23.9 Å². The molecule has 5 fully saturated rings. The van der Waals surface area contributed by atoms with E-state index in [4.69, 9.17) is 28.4 Å². The van der Waals surface area contributed by atoms with E-state index in [2.05, 4.69) is 0 Å². The molecule has 0 bridgehead atoms. The number of aliphatic hydroxyl groups is 1. The van der Waals surface area contributed by atoms with Gasteiger partial charge in [0.15, 0.2) is 6.10 Å². The number of ether oxygens (including phenoxy) is 6. The van der Waals surface area contributed by atoms with Crippen LogP contribution in [0, 0.1) is 28.1 Å². The first-order valence-electron chi connectivity index (χ1n) is 13.8. The van der Waals surface area contributed by atoms with Crippen LogP contribution in [-0.4, -0.2) is 77.5 Å². The van der Waals surface area contributed by atoms with Crippen molar-refractivity contribution in [3.8, 4) is 0 Å². The Bertz CT molecular complexity index is 1100. The Morgan fingerprint density at radius 2 is 1.62 bits per heavy atom. The van der Waals surface area contributed by atoms with Crippen LogP contribution < -0.4 is 0 Å². The summed E-state index contributed by atoms with van der Waals surface area (Å²) >= 11 is 0. The first kappa shape index (κ1) is 28.3. The Morgan fingerprint density at radius 3 is 2.13 bits per heavy atom. The number of hydrogen-bond donors (Lipinski definition) is 1. The van der Waals surface area contributed by atoms with Crippen LogP contribution in [-0.2, 0) is 47.6 Å². The number of hydrogen-bond acceptors (Lipinski definition) is 11. The summed E-state index contributed by atoms with van der Waals surface area (Å²) in [4.78, 5) is 51.2. The van der Waals surface area contributed by atoms with E-state index in [0.29, 0.717) is 12.8 Å². The fraction of sp³-hybridized carbons (Fsp3) is 0.857. The minimum absolute atomic E-state index is 0.172. The zero-order chi connectivity index (χ0) is 28.9. The third-order valence-electron chi connectivity index (χ3n) is 10.8. The van der Waals surface area contributed by atoms with E-state index in [1.165, 1.54) is 20.8 Å². The highest BCUT2D eigenvalue weighted by atomic mass is 16.8. The Labute approximate surface area is 228 Å². The molecular formula is C28H40O11. The first-order valence-corrected chi connectivity index (χ1v) is 13.8. The average Bonchev–Trinajstić information content (AvgIpc) is 3.44. The van der Waals surface area contributed by atoms with Gasteiger partial charge in [0.2, 0.25) is 6.29 Å². The SMILES string of the molecule is CCO[C@]1(C)[C@@H]2[C@@H](OC(C)=O)[C@H](OC(C)=O)[C@@]3(O)C(C)(C)CC[C@H](OC(C)=O)[C@]3(C)[C@H]2C[C@]12C(=O)O[C@@H]1O[C@@H]12. The van der Waals surface area contributed by atoms with E-state index >= 15 is 0 Å². The maximum atomic E-state index is 13.7. The molecule has 5 aliphatic rings. The van der Waals surface area contributed by atoms with Crippen LogP contribution in [0.4, 0.5) is 0 Å². The van der Waals surface area contributed by atoms with Gasteiger partial charge in [0, 0.05) is 38.7 Å². The van der Waals surface area contributed by atoms with Crippen molar-refractivity contribution in [3.05, 3.63) is 0 Å². The van der Waals surface area contributed by atoms with E-state index < -0.39 is 93.9 Å². The Kier molecular flexibility index (Phi) is 6.26. The summed E-state index contributed by atoms with van der Waals surface area (Å²) < 4.78 is 35.6. The molecule has 0 unspecified atom stereocenters. The van der Waals surface area contributed by atoms with Crippen molar-refractivity contribution in [1.29, 1.82) is 0 Å². The summed E-state index contributed by atoms with van der Waals surface area (Å²) in [5.74, 6) is -3.65. The van der Waals surface area contributed by atoms with E-state index in [0.717, 1.165) is 0 Å². The molecule has 5 rings (SSSR count). The van der Waals surface area contributed by atoms with Crippen LogP contribution in [0.15, 0.2) is 0 Å². The van der Waals surface area contributed by atoms with Gasteiger partial charge in [-0.15, -0.1) is 0 Å². The fourth-order valence-electron chi connectivity index (χ4n) is 9.19. The lowest BCUT2D eigenvalue weighted by atomic mass is 9.41. The van der Waals surface area contributed by atoms with E-state index in [1.54, 1.807) is 13.8 Å². The second-order valence-electron chi connectivity index (χ2n) is 12.9. The van der Waals surface area contributed by atoms with Crippen LogP contribution in [0.2, 0.25) is 0 Å². The topological polar surface area (TPSA) is 147 Å². The lowest BCUT2D eigenvalue weighted by Crippen LogP contribution is -2.80. The van der Waals surface area contributed by atoms with Gasteiger partial charge in [0.1, 0.15) is 29.3 Å². The molecule has 0 aromatic rings. The third kappa shape index (κ3) is 3.38. The molecule has 11 nitrogen and oxygen atoms in total. The van der Waals surface area contributed by atoms with E-state index in [-0.39, 0.29) is 13.0 Å². The van der Waals surface area contributed by atoms with Gasteiger partial charge in [-0.3, -0.25) is 19.2 Å². The van der Waals surface area contributed by atoms with Gasteiger partial charge in [-0.1, -0.05) is 20.8 Å². The van der Waals surface area contributed by atoms with Gasteiger partial charge in [0.05, 0.1) is 5.60 Å². The molecular weight excluding hydrogens is 512 g/mol. The molecule has 2 heterocycles. The van der Waals surface area contributed by atoms with Crippen LogP contribution >= 0.6 is 0 Å². The third-order valence-corrected chi connectivity index (χ3v) is 10.8. The quantitative estimate of drug-likeness (QED) is 0.304. The molecule has 1 spiro atoms. The van der Waals surface area contributed by atoms with Crippen molar-refractivity contribution in [1.82, 2.24) is 0 Å². The van der Waals surface area contributed by atoms with Crippen LogP contribution in [0.25, 0.3) is 0 Å². The highest BCUT2D eigenvalue weighted by Crippen LogP contribution is 2.75. The van der Waals surface area contributed by atoms with Gasteiger partial charge in [0.25, 0.3) is 0 Å². The van der Waals surface area contributed by atoms with Gasteiger partial charge in [-0.05, 0) is 44.4 Å². The monoisotopic (exact) mass is 552 g/mol. The summed E-state index contributed by atoms with van der Waals surface area (Å²) in [6.45, 7) is 13.2. The lowest BCUT2D eigenvalue weighted by Gasteiger charge is -2.68. The zero-order valence-electron chi connectivity index (χ0n) is 23.9. The number of carbonyl (C=O) groups excluding carboxylic acids is 4. The van der Waals surface area contributed by atoms with Crippen molar-refractivity contribution < 1.29 is 52.7 Å². The normalized spacial score (nSPS) is 48.8. The Balaban J connectivity index is 1.82. The molecule has 218 valence electrons. The predicted octanol–water partition coefficient (Wildman–Crippen LogP) is 2.05. The summed E-state index contributed by atoms with van der Waals surface area (Å²) in [7, 11) is 0. The molecule has 1 N–H and O–H groups in total. The van der Waals surface area contributed by atoms with Crippen molar-refractivity contribution in [3.63, 3.8) is 0 Å². The summed E-state index contributed by atoms with van der Waals surface area (Å²) in [5, 5.41) is 13.0. The van der Waals surface area contributed by atoms with Crippen molar-refractivity contribution in [2.24, 2.45) is 28.1 Å². The lowest BCUT2D eigenvalue weighted by molar-refractivity contribution is -0.341.